The summed E-state index contributed by atoms with van der Waals surface area (Å²) in [6.07, 6.45) is 0. The van der Waals surface area contributed by atoms with Crippen LogP contribution in [0.2, 0.25) is 0 Å². The molecule has 158 valence electrons. The molecule has 0 amide bonds. The van der Waals surface area contributed by atoms with Gasteiger partial charge in [-0.25, -0.2) is 0 Å². The van der Waals surface area contributed by atoms with E-state index < -0.39 is 5.41 Å². The second-order valence-corrected chi connectivity index (χ2v) is 9.79. The van der Waals surface area contributed by atoms with Gasteiger partial charge in [0.1, 0.15) is 23.0 Å². The van der Waals surface area contributed by atoms with Crippen molar-refractivity contribution in [2.45, 2.75) is 5.41 Å². The smallest absolute Gasteiger partial charge is 0.135 e. The first kappa shape index (κ1) is 19.9. The number of benzene rings is 4. The van der Waals surface area contributed by atoms with Crippen molar-refractivity contribution in [1.82, 2.24) is 0 Å². The van der Waals surface area contributed by atoms with Crippen LogP contribution in [0.5, 0.6) is 23.0 Å². The van der Waals surface area contributed by atoms with Crippen LogP contribution >= 0.6 is 31.9 Å². The van der Waals surface area contributed by atoms with Gasteiger partial charge in [-0.2, -0.15) is 0 Å². The number of halogens is 2. The van der Waals surface area contributed by atoms with Gasteiger partial charge in [-0.3, -0.25) is 0 Å². The van der Waals surface area contributed by atoms with Crippen LogP contribution in [0.4, 0.5) is 0 Å². The van der Waals surface area contributed by atoms with Crippen molar-refractivity contribution in [1.29, 1.82) is 0 Å². The van der Waals surface area contributed by atoms with Gasteiger partial charge in [0.2, 0.25) is 0 Å². The second-order valence-electron chi connectivity index (χ2n) is 7.96. The second kappa shape index (κ2) is 7.12. The molecule has 0 atom stereocenters. The maximum atomic E-state index is 6.46. The van der Waals surface area contributed by atoms with Gasteiger partial charge in [-0.15, -0.1) is 0 Å². The van der Waals surface area contributed by atoms with Crippen molar-refractivity contribution in [2.24, 2.45) is 0 Å². The molecule has 2 aliphatic rings. The minimum absolute atomic E-state index is 0.528. The van der Waals surface area contributed by atoms with Crippen LogP contribution in [-0.4, -0.2) is 14.2 Å². The van der Waals surface area contributed by atoms with Crippen LogP contribution in [0.25, 0.3) is 11.1 Å². The monoisotopic (exact) mass is 548 g/mol. The molecule has 1 aliphatic carbocycles. The molecule has 1 heterocycles. The van der Waals surface area contributed by atoms with Crippen molar-refractivity contribution >= 4 is 31.9 Å². The predicted octanol–water partition coefficient (Wildman–Crippen LogP) is 7.70. The molecule has 0 unspecified atom stereocenters. The Balaban J connectivity index is 1.81. The number of methoxy groups -OCH3 is 2. The first-order valence-electron chi connectivity index (χ1n) is 10.2. The fraction of sp³-hybridized carbons (Fsp3) is 0.111. The lowest BCUT2D eigenvalue weighted by molar-refractivity contribution is 0.392. The van der Waals surface area contributed by atoms with E-state index in [1.54, 1.807) is 14.2 Å². The molecule has 1 aliphatic heterocycles. The molecular weight excluding hydrogens is 532 g/mol. The molecule has 32 heavy (non-hydrogen) atoms. The number of ether oxygens (including phenoxy) is 3. The summed E-state index contributed by atoms with van der Waals surface area (Å²) < 4.78 is 19.6. The van der Waals surface area contributed by atoms with Crippen LogP contribution in [0, 0.1) is 0 Å². The summed E-state index contributed by atoms with van der Waals surface area (Å²) in [6, 6.07) is 25.3. The van der Waals surface area contributed by atoms with Gasteiger partial charge >= 0.3 is 0 Å². The van der Waals surface area contributed by atoms with Crippen LogP contribution < -0.4 is 14.2 Å². The first-order valence-corrected chi connectivity index (χ1v) is 11.8. The van der Waals surface area contributed by atoms with E-state index in [0.29, 0.717) is 0 Å². The fourth-order valence-electron chi connectivity index (χ4n) is 5.16. The average Bonchev–Trinajstić information content (AvgIpc) is 3.07. The number of hydrogen-bond acceptors (Lipinski definition) is 3. The minimum Gasteiger partial charge on any atom is -0.497 e. The summed E-state index contributed by atoms with van der Waals surface area (Å²) >= 11 is 7.44. The molecule has 0 saturated carbocycles. The van der Waals surface area contributed by atoms with E-state index in [9.17, 15) is 0 Å². The molecule has 0 N–H and O–H groups in total. The lowest BCUT2D eigenvalue weighted by atomic mass is 9.66. The van der Waals surface area contributed by atoms with E-state index in [1.165, 1.54) is 22.3 Å². The Kier molecular flexibility index (Phi) is 4.43. The Morgan fingerprint density at radius 2 is 1.06 bits per heavy atom. The third kappa shape index (κ3) is 2.58. The summed E-state index contributed by atoms with van der Waals surface area (Å²) in [5, 5.41) is 0. The number of rotatable bonds is 2. The SMILES string of the molecule is COc1ccc2c(c1)Oc1cc(OC)ccc1C21c2cc(Br)ccc2-c2ccc(Br)cc21. The quantitative estimate of drug-likeness (QED) is 0.221. The zero-order valence-electron chi connectivity index (χ0n) is 17.4. The highest BCUT2D eigenvalue weighted by Crippen LogP contribution is 2.63. The average molecular weight is 550 g/mol. The van der Waals surface area contributed by atoms with Crippen molar-refractivity contribution in [3.05, 3.63) is 104 Å². The lowest BCUT2D eigenvalue weighted by Crippen LogP contribution is -2.32. The van der Waals surface area contributed by atoms with E-state index >= 15 is 0 Å². The highest BCUT2D eigenvalue weighted by Gasteiger charge is 2.51. The summed E-state index contributed by atoms with van der Waals surface area (Å²) in [7, 11) is 3.34. The summed E-state index contributed by atoms with van der Waals surface area (Å²) in [4.78, 5) is 0. The standard InChI is InChI=1S/C27H18Br2O3/c1-30-17-5-9-21-25(13-17)32-26-14-18(31-2)6-10-22(26)27(21)23-11-15(28)3-7-19(23)20-8-4-16(29)12-24(20)27/h3-14H,1-2H3. The maximum Gasteiger partial charge on any atom is 0.135 e. The minimum atomic E-state index is -0.528. The van der Waals surface area contributed by atoms with E-state index in [2.05, 4.69) is 80.4 Å². The summed E-state index contributed by atoms with van der Waals surface area (Å²) in [6.45, 7) is 0. The van der Waals surface area contributed by atoms with Gasteiger partial charge in [0.25, 0.3) is 0 Å². The molecule has 6 rings (SSSR count). The van der Waals surface area contributed by atoms with Crippen molar-refractivity contribution < 1.29 is 14.2 Å². The van der Waals surface area contributed by atoms with Gasteiger partial charge in [-0.05, 0) is 58.7 Å². The third-order valence-electron chi connectivity index (χ3n) is 6.47. The molecule has 5 heteroatoms. The third-order valence-corrected chi connectivity index (χ3v) is 7.45. The van der Waals surface area contributed by atoms with Gasteiger partial charge in [-0.1, -0.05) is 56.1 Å². The largest absolute Gasteiger partial charge is 0.497 e. The zero-order chi connectivity index (χ0) is 22.0. The Morgan fingerprint density at radius 3 is 1.50 bits per heavy atom. The Morgan fingerprint density at radius 1 is 0.594 bits per heavy atom. The van der Waals surface area contributed by atoms with Crippen LogP contribution in [0.1, 0.15) is 22.3 Å². The molecular formula is C27H18Br2O3. The molecule has 0 saturated heterocycles. The van der Waals surface area contributed by atoms with Crippen molar-refractivity contribution in [2.75, 3.05) is 14.2 Å². The first-order chi connectivity index (χ1) is 15.6. The predicted molar refractivity (Wildman–Crippen MR) is 132 cm³/mol. The van der Waals surface area contributed by atoms with E-state index in [4.69, 9.17) is 14.2 Å². The summed E-state index contributed by atoms with van der Waals surface area (Å²) in [5.41, 5.74) is 6.54. The number of fused-ring (bicyclic) bond motifs is 9. The fourth-order valence-corrected chi connectivity index (χ4v) is 5.88. The normalized spacial score (nSPS) is 14.1. The number of hydrogen-bond donors (Lipinski definition) is 0. The Hall–Kier alpha value is -2.76. The van der Waals surface area contributed by atoms with E-state index in [1.807, 2.05) is 24.3 Å². The Bertz CT molecular complexity index is 1300. The molecule has 0 radical (unpaired) electrons. The van der Waals surface area contributed by atoms with Gasteiger partial charge in [0.15, 0.2) is 0 Å². The van der Waals surface area contributed by atoms with Crippen LogP contribution in [0.3, 0.4) is 0 Å². The molecule has 1 spiro atoms. The van der Waals surface area contributed by atoms with Gasteiger partial charge in [0.05, 0.1) is 19.6 Å². The molecule has 3 nitrogen and oxygen atoms in total. The van der Waals surface area contributed by atoms with Crippen LogP contribution in [0.15, 0.2) is 81.7 Å². The van der Waals surface area contributed by atoms with E-state index in [0.717, 1.165) is 43.1 Å². The molecule has 4 aromatic rings. The highest BCUT2D eigenvalue weighted by molar-refractivity contribution is 9.10. The van der Waals surface area contributed by atoms with Crippen LogP contribution in [-0.2, 0) is 5.41 Å². The van der Waals surface area contributed by atoms with Gasteiger partial charge < -0.3 is 14.2 Å². The van der Waals surface area contributed by atoms with E-state index in [-0.39, 0.29) is 0 Å². The molecule has 0 bridgehead atoms. The topological polar surface area (TPSA) is 27.7 Å². The van der Waals surface area contributed by atoms with Crippen molar-refractivity contribution in [3.63, 3.8) is 0 Å². The Labute approximate surface area is 203 Å². The molecule has 4 aromatic carbocycles. The zero-order valence-corrected chi connectivity index (χ0v) is 20.6. The van der Waals surface area contributed by atoms with Gasteiger partial charge in [0, 0.05) is 32.2 Å². The molecule has 0 fully saturated rings. The lowest BCUT2D eigenvalue weighted by Gasteiger charge is -2.39. The molecule has 0 aromatic heterocycles. The van der Waals surface area contributed by atoms with Crippen molar-refractivity contribution in [3.8, 4) is 34.1 Å². The summed E-state index contributed by atoms with van der Waals surface area (Å²) in [5.74, 6) is 3.08. The maximum absolute atomic E-state index is 6.46. The highest BCUT2D eigenvalue weighted by atomic mass is 79.9.